The third-order valence-corrected chi connectivity index (χ3v) is 4.45. The molecule has 18 heavy (non-hydrogen) atoms. The minimum atomic E-state index is 0.0150. The lowest BCUT2D eigenvalue weighted by Crippen LogP contribution is -2.12. The van der Waals surface area contributed by atoms with Gasteiger partial charge in [-0.2, -0.15) is 0 Å². The maximum Gasteiger partial charge on any atom is 0.0648 e. The van der Waals surface area contributed by atoms with Gasteiger partial charge in [0, 0.05) is 4.88 Å². The van der Waals surface area contributed by atoms with Crippen LogP contribution in [0.15, 0.2) is 35.7 Å². The number of aryl methyl sites for hydroxylation is 1. The molecule has 2 rings (SSSR count). The fourth-order valence-corrected chi connectivity index (χ4v) is 3.18. The summed E-state index contributed by atoms with van der Waals surface area (Å²) < 4.78 is 0. The van der Waals surface area contributed by atoms with E-state index >= 15 is 0 Å². The highest BCUT2D eigenvalue weighted by Crippen LogP contribution is 2.29. The second kappa shape index (κ2) is 5.68. The number of hydrogen-bond acceptors (Lipinski definition) is 2. The third-order valence-electron chi connectivity index (χ3n) is 3.41. The summed E-state index contributed by atoms with van der Waals surface area (Å²) in [6, 6.07) is 10.9. The number of nitrogens with two attached hydrogens (primary N) is 1. The first-order valence-electron chi connectivity index (χ1n) is 6.55. The highest BCUT2D eigenvalue weighted by atomic mass is 32.1. The van der Waals surface area contributed by atoms with Gasteiger partial charge in [0.05, 0.1) is 6.04 Å². The van der Waals surface area contributed by atoms with Gasteiger partial charge in [0.2, 0.25) is 0 Å². The molecule has 1 nitrogen and oxygen atoms in total. The van der Waals surface area contributed by atoms with Gasteiger partial charge in [0.15, 0.2) is 0 Å². The quantitative estimate of drug-likeness (QED) is 0.860. The minimum absolute atomic E-state index is 0.0150. The molecule has 0 amide bonds. The van der Waals surface area contributed by atoms with Gasteiger partial charge in [0.1, 0.15) is 0 Å². The monoisotopic (exact) mass is 259 g/mol. The van der Waals surface area contributed by atoms with Crippen LogP contribution in [0.25, 0.3) is 0 Å². The molecule has 2 N–H and O–H groups in total. The van der Waals surface area contributed by atoms with Crippen LogP contribution >= 0.6 is 11.3 Å². The van der Waals surface area contributed by atoms with Crippen LogP contribution in [0.3, 0.4) is 0 Å². The van der Waals surface area contributed by atoms with Crippen molar-refractivity contribution >= 4 is 11.3 Å². The van der Waals surface area contributed by atoms with E-state index in [4.69, 9.17) is 5.73 Å². The van der Waals surface area contributed by atoms with Crippen LogP contribution < -0.4 is 5.73 Å². The summed E-state index contributed by atoms with van der Waals surface area (Å²) in [7, 11) is 0. The van der Waals surface area contributed by atoms with Crippen molar-refractivity contribution in [2.45, 2.75) is 39.2 Å². The Morgan fingerprint density at radius 3 is 2.22 bits per heavy atom. The zero-order valence-corrected chi connectivity index (χ0v) is 12.1. The van der Waals surface area contributed by atoms with Gasteiger partial charge in [0.25, 0.3) is 0 Å². The van der Waals surface area contributed by atoms with Crippen LogP contribution in [0.5, 0.6) is 0 Å². The number of hydrogen-bond donors (Lipinski definition) is 1. The van der Waals surface area contributed by atoms with Crippen molar-refractivity contribution < 1.29 is 0 Å². The summed E-state index contributed by atoms with van der Waals surface area (Å²) >= 11 is 1.76. The molecule has 1 aromatic heterocycles. The topological polar surface area (TPSA) is 26.0 Å². The second-order valence-corrected chi connectivity index (χ2v) is 5.91. The Kier molecular flexibility index (Phi) is 4.20. The first-order valence-corrected chi connectivity index (χ1v) is 7.43. The van der Waals surface area contributed by atoms with Gasteiger partial charge in [-0.15, -0.1) is 11.3 Å². The molecule has 0 aliphatic rings. The van der Waals surface area contributed by atoms with Crippen molar-refractivity contribution in [3.63, 3.8) is 0 Å². The summed E-state index contributed by atoms with van der Waals surface area (Å²) in [5.74, 6) is 0.572. The maximum atomic E-state index is 6.37. The molecular formula is C16H21NS. The Labute approximate surface area is 114 Å². The molecule has 0 aliphatic carbocycles. The van der Waals surface area contributed by atoms with Gasteiger partial charge >= 0.3 is 0 Å². The summed E-state index contributed by atoms with van der Waals surface area (Å²) in [6.45, 7) is 6.60. The predicted octanol–water partition coefficient (Wildman–Crippen LogP) is 4.48. The average molecular weight is 259 g/mol. The van der Waals surface area contributed by atoms with Crippen molar-refractivity contribution in [2.75, 3.05) is 0 Å². The van der Waals surface area contributed by atoms with E-state index in [2.05, 4.69) is 56.5 Å². The molecule has 0 bridgehead atoms. The summed E-state index contributed by atoms with van der Waals surface area (Å²) in [6.07, 6.45) is 1.05. The Hall–Kier alpha value is -1.12. The van der Waals surface area contributed by atoms with E-state index in [1.165, 1.54) is 21.6 Å². The predicted molar refractivity (Wildman–Crippen MR) is 80.3 cm³/mol. The van der Waals surface area contributed by atoms with Crippen LogP contribution in [0.1, 0.15) is 54.3 Å². The van der Waals surface area contributed by atoms with Crippen molar-refractivity contribution in [3.8, 4) is 0 Å². The molecule has 0 saturated carbocycles. The summed E-state index contributed by atoms with van der Waals surface area (Å²) in [5, 5.41) is 2.14. The summed E-state index contributed by atoms with van der Waals surface area (Å²) in [5.41, 5.74) is 10.3. The van der Waals surface area contributed by atoms with Gasteiger partial charge in [-0.1, -0.05) is 45.0 Å². The largest absolute Gasteiger partial charge is 0.320 e. The zero-order valence-electron chi connectivity index (χ0n) is 11.3. The number of benzene rings is 1. The van der Waals surface area contributed by atoms with E-state index in [0.717, 1.165) is 6.42 Å². The van der Waals surface area contributed by atoms with Gasteiger partial charge in [-0.05, 0) is 40.5 Å². The van der Waals surface area contributed by atoms with E-state index in [-0.39, 0.29) is 6.04 Å². The van der Waals surface area contributed by atoms with Gasteiger partial charge in [-0.3, -0.25) is 0 Å². The maximum absolute atomic E-state index is 6.37. The molecule has 2 aromatic rings. The van der Waals surface area contributed by atoms with E-state index in [1.54, 1.807) is 11.3 Å². The first-order chi connectivity index (χ1) is 8.63. The normalized spacial score (nSPS) is 12.9. The lowest BCUT2D eigenvalue weighted by Gasteiger charge is -2.14. The Morgan fingerprint density at radius 2 is 1.67 bits per heavy atom. The SMILES string of the molecule is CCc1ccsc1C(N)c1ccc(C(C)C)cc1. The lowest BCUT2D eigenvalue weighted by atomic mass is 9.97. The fraction of sp³-hybridized carbons (Fsp3) is 0.375. The molecule has 96 valence electrons. The Balaban J connectivity index is 2.26. The molecular weight excluding hydrogens is 238 g/mol. The van der Waals surface area contributed by atoms with Crippen molar-refractivity contribution in [2.24, 2.45) is 5.73 Å². The lowest BCUT2D eigenvalue weighted by molar-refractivity contribution is 0.849. The molecule has 0 saturated heterocycles. The molecule has 0 radical (unpaired) electrons. The van der Waals surface area contributed by atoms with E-state index in [1.807, 2.05) is 0 Å². The third kappa shape index (κ3) is 2.65. The van der Waals surface area contributed by atoms with Crippen LogP contribution in [-0.4, -0.2) is 0 Å². The zero-order chi connectivity index (χ0) is 13.1. The van der Waals surface area contributed by atoms with Gasteiger partial charge < -0.3 is 5.73 Å². The molecule has 1 aromatic carbocycles. The van der Waals surface area contributed by atoms with Gasteiger partial charge in [-0.25, -0.2) is 0 Å². The highest BCUT2D eigenvalue weighted by Gasteiger charge is 2.14. The first kappa shape index (κ1) is 13.3. The van der Waals surface area contributed by atoms with E-state index < -0.39 is 0 Å². The molecule has 1 atom stereocenters. The molecule has 0 aliphatic heterocycles. The molecule has 2 heteroatoms. The van der Waals surface area contributed by atoms with E-state index in [9.17, 15) is 0 Å². The average Bonchev–Trinajstić information content (AvgIpc) is 2.86. The Morgan fingerprint density at radius 1 is 1.06 bits per heavy atom. The number of thiophene rings is 1. The van der Waals surface area contributed by atoms with Crippen LogP contribution in [0.4, 0.5) is 0 Å². The van der Waals surface area contributed by atoms with Crippen molar-refractivity contribution in [1.82, 2.24) is 0 Å². The molecule has 1 heterocycles. The minimum Gasteiger partial charge on any atom is -0.320 e. The van der Waals surface area contributed by atoms with E-state index in [0.29, 0.717) is 5.92 Å². The highest BCUT2D eigenvalue weighted by molar-refractivity contribution is 7.10. The van der Waals surface area contributed by atoms with Crippen LogP contribution in [-0.2, 0) is 6.42 Å². The number of rotatable bonds is 4. The standard InChI is InChI=1S/C16H21NS/c1-4-12-9-10-18-16(12)15(17)14-7-5-13(6-8-14)11(2)3/h5-11,15H,4,17H2,1-3H3. The molecule has 1 unspecified atom stereocenters. The molecule has 0 fully saturated rings. The molecule has 0 spiro atoms. The van der Waals surface area contributed by atoms with Crippen molar-refractivity contribution in [3.05, 3.63) is 57.3 Å². The van der Waals surface area contributed by atoms with Crippen molar-refractivity contribution in [1.29, 1.82) is 0 Å². The summed E-state index contributed by atoms with van der Waals surface area (Å²) in [4.78, 5) is 1.30. The van der Waals surface area contributed by atoms with Crippen LogP contribution in [0, 0.1) is 0 Å². The smallest absolute Gasteiger partial charge is 0.0648 e. The second-order valence-electron chi connectivity index (χ2n) is 4.96. The van der Waals surface area contributed by atoms with Crippen LogP contribution in [0.2, 0.25) is 0 Å². The Bertz CT molecular complexity index is 496. The fourth-order valence-electron chi connectivity index (χ4n) is 2.15.